The molecule has 2 saturated heterocycles. The molecule has 0 amide bonds. The lowest BCUT2D eigenvalue weighted by Crippen LogP contribution is -2.24. The zero-order valence-corrected chi connectivity index (χ0v) is 11.9. The molecule has 19 heavy (non-hydrogen) atoms. The van der Waals surface area contributed by atoms with Gasteiger partial charge in [-0.2, -0.15) is 0 Å². The van der Waals surface area contributed by atoms with Crippen molar-refractivity contribution in [2.24, 2.45) is 4.99 Å². The van der Waals surface area contributed by atoms with Crippen molar-refractivity contribution in [3.63, 3.8) is 0 Å². The Morgan fingerprint density at radius 1 is 1.26 bits per heavy atom. The average Bonchev–Trinajstić information content (AvgIpc) is 2.96. The number of hydrogen-bond donors (Lipinski definition) is 1. The van der Waals surface area contributed by atoms with Gasteiger partial charge in [-0.15, -0.1) is 0 Å². The Kier molecular flexibility index (Phi) is 4.41. The summed E-state index contributed by atoms with van der Waals surface area (Å²) in [6.45, 7) is 1.71. The Bertz CT molecular complexity index is 429. The van der Waals surface area contributed by atoms with E-state index in [0.29, 0.717) is 12.1 Å². The lowest BCUT2D eigenvalue weighted by molar-refractivity contribution is 0.0225. The number of amidine groups is 1. The summed E-state index contributed by atoms with van der Waals surface area (Å²) in [7, 11) is 0. The molecule has 0 radical (unpaired) electrons. The molecular formula is C15H20N2OS. The summed E-state index contributed by atoms with van der Waals surface area (Å²) in [6.07, 6.45) is 3.97. The molecule has 2 aliphatic heterocycles. The first-order valence-corrected chi connectivity index (χ1v) is 8.01. The van der Waals surface area contributed by atoms with Gasteiger partial charge in [0.25, 0.3) is 0 Å². The first kappa shape index (κ1) is 13.0. The van der Waals surface area contributed by atoms with Crippen LogP contribution in [0, 0.1) is 0 Å². The monoisotopic (exact) mass is 276 g/mol. The zero-order chi connectivity index (χ0) is 12.9. The van der Waals surface area contributed by atoms with Crippen molar-refractivity contribution in [2.75, 3.05) is 18.9 Å². The van der Waals surface area contributed by atoms with Crippen LogP contribution >= 0.6 is 11.8 Å². The molecule has 0 aromatic heterocycles. The van der Waals surface area contributed by atoms with Gasteiger partial charge in [0, 0.05) is 12.4 Å². The van der Waals surface area contributed by atoms with Crippen LogP contribution in [0.2, 0.25) is 0 Å². The van der Waals surface area contributed by atoms with E-state index in [1.165, 1.54) is 18.4 Å². The SMILES string of the molecule is c1ccc(C2CSC(=NCC3CCCCO3)N2)cc1. The van der Waals surface area contributed by atoms with E-state index in [0.717, 1.165) is 30.5 Å². The fourth-order valence-electron chi connectivity index (χ4n) is 2.49. The van der Waals surface area contributed by atoms with Crippen LogP contribution in [0.25, 0.3) is 0 Å². The normalized spacial score (nSPS) is 29.4. The molecular weight excluding hydrogens is 256 g/mol. The van der Waals surface area contributed by atoms with Gasteiger partial charge in [0.15, 0.2) is 5.17 Å². The number of nitrogens with one attached hydrogen (secondary N) is 1. The predicted octanol–water partition coefficient (Wildman–Crippen LogP) is 2.99. The van der Waals surface area contributed by atoms with Gasteiger partial charge in [-0.1, -0.05) is 42.1 Å². The standard InChI is InChI=1S/C15H20N2OS/c1-2-6-12(7-3-1)14-11-19-15(17-14)16-10-13-8-4-5-9-18-13/h1-3,6-7,13-14H,4-5,8-11H2,(H,16,17). The molecule has 3 nitrogen and oxygen atoms in total. The van der Waals surface area contributed by atoms with Crippen molar-refractivity contribution < 1.29 is 4.74 Å². The van der Waals surface area contributed by atoms with E-state index in [1.807, 2.05) is 11.8 Å². The first-order valence-electron chi connectivity index (χ1n) is 7.02. The van der Waals surface area contributed by atoms with E-state index < -0.39 is 0 Å². The molecule has 0 saturated carbocycles. The maximum Gasteiger partial charge on any atom is 0.157 e. The third-order valence-corrected chi connectivity index (χ3v) is 4.62. The average molecular weight is 276 g/mol. The van der Waals surface area contributed by atoms with Crippen LogP contribution in [0.1, 0.15) is 30.9 Å². The molecule has 2 atom stereocenters. The van der Waals surface area contributed by atoms with Gasteiger partial charge in [0.1, 0.15) is 0 Å². The van der Waals surface area contributed by atoms with Crippen LogP contribution in [-0.2, 0) is 4.74 Å². The first-order chi connectivity index (χ1) is 9.42. The van der Waals surface area contributed by atoms with Crippen LogP contribution in [0.15, 0.2) is 35.3 Å². The number of hydrogen-bond acceptors (Lipinski definition) is 3. The lowest BCUT2D eigenvalue weighted by Gasteiger charge is -2.20. The summed E-state index contributed by atoms with van der Waals surface area (Å²) < 4.78 is 5.71. The molecule has 1 N–H and O–H groups in total. The van der Waals surface area contributed by atoms with Gasteiger partial charge in [-0.25, -0.2) is 0 Å². The van der Waals surface area contributed by atoms with Crippen molar-refractivity contribution in [2.45, 2.75) is 31.4 Å². The predicted molar refractivity (Wildman–Crippen MR) is 80.7 cm³/mol. The van der Waals surface area contributed by atoms with Crippen molar-refractivity contribution >= 4 is 16.9 Å². The Balaban J connectivity index is 1.53. The van der Waals surface area contributed by atoms with Crippen molar-refractivity contribution in [1.82, 2.24) is 5.32 Å². The molecule has 1 aromatic carbocycles. The van der Waals surface area contributed by atoms with Crippen LogP contribution in [0.3, 0.4) is 0 Å². The van der Waals surface area contributed by atoms with Crippen LogP contribution < -0.4 is 5.32 Å². The maximum atomic E-state index is 5.71. The topological polar surface area (TPSA) is 33.6 Å². The minimum atomic E-state index is 0.333. The van der Waals surface area contributed by atoms with Crippen LogP contribution in [0.4, 0.5) is 0 Å². The molecule has 0 spiro atoms. The minimum Gasteiger partial charge on any atom is -0.376 e. The second-order valence-corrected chi connectivity index (χ2v) is 6.06. The van der Waals surface area contributed by atoms with Crippen molar-refractivity contribution in [3.05, 3.63) is 35.9 Å². The fourth-order valence-corrected chi connectivity index (χ4v) is 3.48. The summed E-state index contributed by atoms with van der Waals surface area (Å²) in [5.41, 5.74) is 1.34. The summed E-state index contributed by atoms with van der Waals surface area (Å²) in [6, 6.07) is 11.0. The molecule has 2 heterocycles. The second-order valence-electron chi connectivity index (χ2n) is 5.05. The van der Waals surface area contributed by atoms with Gasteiger partial charge in [0.2, 0.25) is 0 Å². The van der Waals surface area contributed by atoms with Gasteiger partial charge in [0.05, 0.1) is 18.7 Å². The highest BCUT2D eigenvalue weighted by atomic mass is 32.2. The summed E-state index contributed by atoms with van der Waals surface area (Å²) in [4.78, 5) is 4.67. The Morgan fingerprint density at radius 2 is 2.16 bits per heavy atom. The van der Waals surface area contributed by atoms with Crippen molar-refractivity contribution in [1.29, 1.82) is 0 Å². The third-order valence-electron chi connectivity index (χ3n) is 3.60. The Hall–Kier alpha value is -1.00. The highest BCUT2D eigenvalue weighted by Gasteiger charge is 2.22. The maximum absolute atomic E-state index is 5.71. The van der Waals surface area contributed by atoms with E-state index in [4.69, 9.17) is 4.74 Å². The molecule has 0 bridgehead atoms. The molecule has 4 heteroatoms. The van der Waals surface area contributed by atoms with Crippen LogP contribution in [-0.4, -0.2) is 30.2 Å². The van der Waals surface area contributed by atoms with Crippen molar-refractivity contribution in [3.8, 4) is 0 Å². The van der Waals surface area contributed by atoms with Gasteiger partial charge >= 0.3 is 0 Å². The van der Waals surface area contributed by atoms with Crippen LogP contribution in [0.5, 0.6) is 0 Å². The fraction of sp³-hybridized carbons (Fsp3) is 0.533. The molecule has 3 rings (SSSR count). The highest BCUT2D eigenvalue weighted by molar-refractivity contribution is 8.14. The molecule has 102 valence electrons. The second kappa shape index (κ2) is 6.44. The van der Waals surface area contributed by atoms with E-state index in [-0.39, 0.29) is 0 Å². The molecule has 2 aliphatic rings. The van der Waals surface area contributed by atoms with E-state index in [9.17, 15) is 0 Å². The Labute approximate surface area is 118 Å². The molecule has 1 aromatic rings. The largest absolute Gasteiger partial charge is 0.376 e. The third kappa shape index (κ3) is 3.51. The highest BCUT2D eigenvalue weighted by Crippen LogP contribution is 2.26. The number of rotatable bonds is 3. The summed E-state index contributed by atoms with van der Waals surface area (Å²) in [5.74, 6) is 1.06. The number of benzene rings is 1. The number of thioether (sulfide) groups is 1. The van der Waals surface area contributed by atoms with E-state index in [1.54, 1.807) is 0 Å². The summed E-state index contributed by atoms with van der Waals surface area (Å²) >= 11 is 1.82. The number of ether oxygens (including phenoxy) is 1. The minimum absolute atomic E-state index is 0.333. The zero-order valence-electron chi connectivity index (χ0n) is 11.0. The van der Waals surface area contributed by atoms with E-state index in [2.05, 4.69) is 40.6 Å². The molecule has 0 aliphatic carbocycles. The molecule has 2 unspecified atom stereocenters. The van der Waals surface area contributed by atoms with Gasteiger partial charge in [-0.05, 0) is 24.8 Å². The van der Waals surface area contributed by atoms with Gasteiger partial charge in [-0.3, -0.25) is 4.99 Å². The van der Waals surface area contributed by atoms with Gasteiger partial charge < -0.3 is 10.1 Å². The number of nitrogens with zero attached hydrogens (tertiary/aromatic N) is 1. The quantitative estimate of drug-likeness (QED) is 0.921. The Morgan fingerprint density at radius 3 is 2.95 bits per heavy atom. The number of aliphatic imine (C=N–C) groups is 1. The molecule has 2 fully saturated rings. The lowest BCUT2D eigenvalue weighted by atomic mass is 10.1. The van der Waals surface area contributed by atoms with E-state index >= 15 is 0 Å². The summed E-state index contributed by atoms with van der Waals surface area (Å²) in [5, 5.41) is 4.58. The smallest absolute Gasteiger partial charge is 0.157 e.